The molecule has 0 unspecified atom stereocenters. The van der Waals surface area contributed by atoms with E-state index in [-0.39, 0.29) is 17.1 Å². The van der Waals surface area contributed by atoms with Crippen LogP contribution in [0.5, 0.6) is 0 Å². The summed E-state index contributed by atoms with van der Waals surface area (Å²) in [5, 5.41) is 0.159. The molecule has 1 aromatic carbocycles. The Kier molecular flexibility index (Phi) is 9.04. The van der Waals surface area contributed by atoms with Crippen LogP contribution in [-0.4, -0.2) is 27.3 Å². The van der Waals surface area contributed by atoms with Gasteiger partial charge in [-0.05, 0) is 43.0 Å². The highest BCUT2D eigenvalue weighted by atomic mass is 28.4. The fourth-order valence-electron chi connectivity index (χ4n) is 2.39. The third kappa shape index (κ3) is 7.84. The van der Waals surface area contributed by atoms with E-state index < -0.39 is 8.32 Å². The second kappa shape index (κ2) is 10.2. The van der Waals surface area contributed by atoms with Crippen molar-refractivity contribution in [1.29, 1.82) is 0 Å². The number of hydrogen-bond acceptors (Lipinski definition) is 3. The van der Waals surface area contributed by atoms with Crippen LogP contribution < -0.4 is 0 Å². The molecule has 25 heavy (non-hydrogen) atoms. The number of aldehydes is 1. The molecule has 142 valence electrons. The summed E-state index contributed by atoms with van der Waals surface area (Å²) in [6.07, 6.45) is 3.99. The molecule has 0 aromatic heterocycles. The van der Waals surface area contributed by atoms with Crippen molar-refractivity contribution in [3.05, 3.63) is 35.9 Å². The van der Waals surface area contributed by atoms with Crippen molar-refractivity contribution >= 4 is 14.6 Å². The number of rotatable bonds is 11. The fraction of sp³-hybridized carbons (Fsp3) is 0.667. The third-order valence-electron chi connectivity index (χ3n) is 5.19. The van der Waals surface area contributed by atoms with Gasteiger partial charge in [-0.1, -0.05) is 58.0 Å². The van der Waals surface area contributed by atoms with E-state index in [1.807, 2.05) is 25.1 Å². The highest BCUT2D eigenvalue weighted by Gasteiger charge is 2.39. The van der Waals surface area contributed by atoms with Crippen LogP contribution in [-0.2, 0) is 20.6 Å². The van der Waals surface area contributed by atoms with Crippen LogP contribution in [0.1, 0.15) is 52.5 Å². The quantitative estimate of drug-likeness (QED) is 0.291. The molecule has 0 amide bonds. The summed E-state index contributed by atoms with van der Waals surface area (Å²) in [5.41, 5.74) is 1.20. The van der Waals surface area contributed by atoms with Gasteiger partial charge in [-0.25, -0.2) is 0 Å². The standard InChI is InChI=1S/C21H36O3Si/c1-18(16-22)20(24-25(5,6)21(2,3)4)14-10-11-15-23-17-19-12-8-7-9-13-19/h7-9,12-13,16,18,20H,10-11,14-15,17H2,1-6H3/t18-,20+/m0/s1. The van der Waals surface area contributed by atoms with Crippen molar-refractivity contribution in [3.8, 4) is 0 Å². The van der Waals surface area contributed by atoms with Gasteiger partial charge in [0.15, 0.2) is 8.32 Å². The van der Waals surface area contributed by atoms with Crippen LogP contribution in [0.2, 0.25) is 18.1 Å². The lowest BCUT2D eigenvalue weighted by Crippen LogP contribution is -2.45. The molecule has 0 N–H and O–H groups in total. The molecule has 2 atom stereocenters. The predicted molar refractivity (Wildman–Crippen MR) is 107 cm³/mol. The minimum atomic E-state index is -1.86. The first-order valence-corrected chi connectivity index (χ1v) is 12.3. The average Bonchev–Trinajstić information content (AvgIpc) is 2.56. The second-order valence-electron chi connectivity index (χ2n) is 8.45. The van der Waals surface area contributed by atoms with Gasteiger partial charge in [-0.15, -0.1) is 0 Å². The molecule has 0 bridgehead atoms. The number of unbranched alkanes of at least 4 members (excludes halogenated alkanes) is 1. The average molecular weight is 365 g/mol. The van der Waals surface area contributed by atoms with Crippen LogP contribution >= 0.6 is 0 Å². The molecule has 0 aliphatic rings. The molecule has 0 heterocycles. The van der Waals surface area contributed by atoms with E-state index in [0.717, 1.165) is 32.2 Å². The minimum Gasteiger partial charge on any atom is -0.413 e. The number of ether oxygens (including phenoxy) is 1. The Hall–Kier alpha value is -0.973. The summed E-state index contributed by atoms with van der Waals surface area (Å²) in [6, 6.07) is 10.2. The fourth-order valence-corrected chi connectivity index (χ4v) is 3.83. The Labute approximate surface area is 155 Å². The number of carbonyl (C=O) groups is 1. The molecule has 1 rings (SSSR count). The van der Waals surface area contributed by atoms with Gasteiger partial charge in [-0.2, -0.15) is 0 Å². The Balaban J connectivity index is 2.37. The summed E-state index contributed by atoms with van der Waals surface area (Å²) in [5.74, 6) is -0.0561. The van der Waals surface area contributed by atoms with Gasteiger partial charge in [0, 0.05) is 12.5 Å². The molecule has 0 saturated carbocycles. The van der Waals surface area contributed by atoms with Crippen molar-refractivity contribution < 1.29 is 14.0 Å². The molecule has 1 aromatic rings. The Morgan fingerprint density at radius 1 is 1.12 bits per heavy atom. The maximum atomic E-state index is 11.3. The van der Waals surface area contributed by atoms with E-state index in [1.165, 1.54) is 5.56 Å². The first-order chi connectivity index (χ1) is 11.7. The van der Waals surface area contributed by atoms with Gasteiger partial charge in [0.1, 0.15) is 6.29 Å². The van der Waals surface area contributed by atoms with Crippen LogP contribution in [0.25, 0.3) is 0 Å². The first kappa shape index (κ1) is 22.1. The maximum Gasteiger partial charge on any atom is 0.192 e. The van der Waals surface area contributed by atoms with Crippen LogP contribution in [0, 0.1) is 5.92 Å². The van der Waals surface area contributed by atoms with Crippen LogP contribution in [0.4, 0.5) is 0 Å². The molecule has 0 radical (unpaired) electrons. The predicted octanol–water partition coefficient (Wildman–Crippen LogP) is 5.60. The van der Waals surface area contributed by atoms with Gasteiger partial charge in [0.25, 0.3) is 0 Å². The van der Waals surface area contributed by atoms with E-state index in [2.05, 4.69) is 46.0 Å². The monoisotopic (exact) mass is 364 g/mol. The minimum absolute atomic E-state index is 0.0208. The van der Waals surface area contributed by atoms with Gasteiger partial charge < -0.3 is 14.0 Å². The van der Waals surface area contributed by atoms with Crippen LogP contribution in [0.3, 0.4) is 0 Å². The molecular formula is C21H36O3Si. The van der Waals surface area contributed by atoms with Gasteiger partial charge in [-0.3, -0.25) is 0 Å². The molecule has 0 spiro atoms. The normalized spacial score (nSPS) is 15.0. The lowest BCUT2D eigenvalue weighted by atomic mass is 10.0. The highest BCUT2D eigenvalue weighted by molar-refractivity contribution is 6.74. The van der Waals surface area contributed by atoms with Crippen molar-refractivity contribution in [2.75, 3.05) is 6.61 Å². The van der Waals surface area contributed by atoms with Crippen LogP contribution in [0.15, 0.2) is 30.3 Å². The van der Waals surface area contributed by atoms with E-state index in [0.29, 0.717) is 6.61 Å². The van der Waals surface area contributed by atoms with E-state index in [1.54, 1.807) is 0 Å². The largest absolute Gasteiger partial charge is 0.413 e. The molecule has 4 heteroatoms. The number of benzene rings is 1. The van der Waals surface area contributed by atoms with Gasteiger partial charge in [0.05, 0.1) is 12.7 Å². The maximum absolute atomic E-state index is 11.3. The third-order valence-corrected chi connectivity index (χ3v) is 9.70. The zero-order valence-electron chi connectivity index (χ0n) is 16.9. The van der Waals surface area contributed by atoms with E-state index in [4.69, 9.17) is 9.16 Å². The number of carbonyl (C=O) groups excluding carboxylic acids is 1. The topological polar surface area (TPSA) is 35.5 Å². The molecule has 0 saturated heterocycles. The van der Waals surface area contributed by atoms with Crippen molar-refractivity contribution in [2.24, 2.45) is 5.92 Å². The summed E-state index contributed by atoms with van der Waals surface area (Å²) >= 11 is 0. The molecule has 0 aliphatic heterocycles. The molecular weight excluding hydrogens is 328 g/mol. The van der Waals surface area contributed by atoms with E-state index >= 15 is 0 Å². The molecule has 0 fully saturated rings. The van der Waals surface area contributed by atoms with Crippen molar-refractivity contribution in [3.63, 3.8) is 0 Å². The van der Waals surface area contributed by atoms with E-state index in [9.17, 15) is 4.79 Å². The Bertz CT molecular complexity index is 494. The van der Waals surface area contributed by atoms with Gasteiger partial charge >= 0.3 is 0 Å². The van der Waals surface area contributed by atoms with Gasteiger partial charge in [0.2, 0.25) is 0 Å². The smallest absolute Gasteiger partial charge is 0.192 e. The SMILES string of the molecule is C[C@@H](C=O)[C@@H](CCCCOCc1ccccc1)O[Si](C)(C)C(C)(C)C. The highest BCUT2D eigenvalue weighted by Crippen LogP contribution is 2.38. The lowest BCUT2D eigenvalue weighted by Gasteiger charge is -2.40. The zero-order valence-corrected chi connectivity index (χ0v) is 17.9. The first-order valence-electron chi connectivity index (χ1n) is 9.42. The second-order valence-corrected chi connectivity index (χ2v) is 13.2. The zero-order chi connectivity index (χ0) is 18.9. The molecule has 3 nitrogen and oxygen atoms in total. The summed E-state index contributed by atoms with van der Waals surface area (Å²) in [7, 11) is -1.86. The van der Waals surface area contributed by atoms with Crippen molar-refractivity contribution in [1.82, 2.24) is 0 Å². The molecule has 0 aliphatic carbocycles. The van der Waals surface area contributed by atoms with Crippen molar-refractivity contribution in [2.45, 2.75) is 77.8 Å². The summed E-state index contributed by atoms with van der Waals surface area (Å²) in [6.45, 7) is 14.6. The Morgan fingerprint density at radius 3 is 2.32 bits per heavy atom. The number of hydrogen-bond donors (Lipinski definition) is 0. The summed E-state index contributed by atoms with van der Waals surface area (Å²) < 4.78 is 12.2. The lowest BCUT2D eigenvalue weighted by molar-refractivity contribution is -0.113. The summed E-state index contributed by atoms with van der Waals surface area (Å²) in [4.78, 5) is 11.3. The Morgan fingerprint density at radius 2 is 1.76 bits per heavy atom.